The molecule has 3 rings (SSSR count). The molecule has 1 aromatic rings. The topological polar surface area (TPSA) is 71.7 Å². The van der Waals surface area contributed by atoms with Crippen LogP contribution in [0.25, 0.3) is 0 Å². The summed E-state index contributed by atoms with van der Waals surface area (Å²) < 4.78 is 5.79. The van der Waals surface area contributed by atoms with Crippen LogP contribution in [0.3, 0.4) is 0 Å². The van der Waals surface area contributed by atoms with Crippen LogP contribution >= 0.6 is 24.8 Å². The highest BCUT2D eigenvalue weighted by Gasteiger charge is 2.33. The van der Waals surface area contributed by atoms with Crippen molar-refractivity contribution in [2.45, 2.75) is 44.8 Å². The number of pyridine rings is 1. The van der Waals surface area contributed by atoms with Crippen LogP contribution in [-0.2, 0) is 9.53 Å². The van der Waals surface area contributed by atoms with Crippen molar-refractivity contribution >= 4 is 36.5 Å². The Labute approximate surface area is 174 Å². The van der Waals surface area contributed by atoms with E-state index >= 15 is 0 Å². The molecule has 2 atom stereocenters. The third-order valence-corrected chi connectivity index (χ3v) is 5.41. The fraction of sp³-hybridized carbons (Fsp3) is 0.684. The number of carbonyl (C=O) groups is 1. The number of hydrogen-bond donors (Lipinski definition) is 1. The molecule has 154 valence electrons. The average molecular weight is 419 g/mol. The van der Waals surface area contributed by atoms with Crippen LogP contribution in [0.4, 0.5) is 5.82 Å². The lowest BCUT2D eigenvalue weighted by molar-refractivity contribution is -0.143. The molecule has 2 aliphatic heterocycles. The zero-order valence-corrected chi connectivity index (χ0v) is 17.6. The molecule has 8 heteroatoms. The summed E-state index contributed by atoms with van der Waals surface area (Å²) in [4.78, 5) is 21.5. The highest BCUT2D eigenvalue weighted by molar-refractivity contribution is 5.85. The van der Waals surface area contributed by atoms with Crippen LogP contribution in [0, 0.1) is 5.92 Å². The number of carbonyl (C=O) groups excluding carboxylic acids is 1. The van der Waals surface area contributed by atoms with E-state index in [1.54, 1.807) is 0 Å². The first-order chi connectivity index (χ1) is 12.2. The molecular weight excluding hydrogens is 387 g/mol. The molecule has 3 heterocycles. The Kier molecular flexibility index (Phi) is 10.4. The minimum atomic E-state index is -0.290. The van der Waals surface area contributed by atoms with Crippen LogP contribution in [0.15, 0.2) is 24.4 Å². The Balaban J connectivity index is 0.00000182. The van der Waals surface area contributed by atoms with Crippen LogP contribution in [0.1, 0.15) is 32.6 Å². The standard InChI is InChI=1S/C19H30N4O2.2ClH/c1-2-22(19(24)17-7-6-16(13-20)25-17)14-15-8-11-23(12-9-15)18-5-3-4-10-21-18;;/h3-5,10,15-17H,2,6-9,11-14,20H2,1H3;2*1H/t16-,17+;;/m1../s1. The predicted octanol–water partition coefficient (Wildman–Crippen LogP) is 2.50. The second kappa shape index (κ2) is 11.7. The highest BCUT2D eigenvalue weighted by atomic mass is 35.5. The van der Waals surface area contributed by atoms with E-state index in [1.165, 1.54) is 0 Å². The molecule has 0 radical (unpaired) electrons. The van der Waals surface area contributed by atoms with Gasteiger partial charge in [0.1, 0.15) is 11.9 Å². The lowest BCUT2D eigenvalue weighted by atomic mass is 9.96. The molecule has 0 aromatic carbocycles. The number of hydrogen-bond acceptors (Lipinski definition) is 5. The Hall–Kier alpha value is -1.08. The van der Waals surface area contributed by atoms with Gasteiger partial charge in [0.2, 0.25) is 0 Å². The van der Waals surface area contributed by atoms with Crippen LogP contribution < -0.4 is 10.6 Å². The largest absolute Gasteiger partial charge is 0.364 e. The van der Waals surface area contributed by atoms with E-state index in [2.05, 4.69) is 22.9 Å². The highest BCUT2D eigenvalue weighted by Crippen LogP contribution is 2.25. The number of anilines is 1. The van der Waals surface area contributed by atoms with Crippen molar-refractivity contribution in [1.82, 2.24) is 9.88 Å². The minimum Gasteiger partial charge on any atom is -0.364 e. The summed E-state index contributed by atoms with van der Waals surface area (Å²) in [7, 11) is 0. The summed E-state index contributed by atoms with van der Waals surface area (Å²) in [6, 6.07) is 6.04. The van der Waals surface area contributed by atoms with E-state index in [-0.39, 0.29) is 42.9 Å². The first-order valence-electron chi connectivity index (χ1n) is 9.51. The molecule has 0 spiro atoms. The maximum Gasteiger partial charge on any atom is 0.251 e. The van der Waals surface area contributed by atoms with Crippen molar-refractivity contribution in [2.24, 2.45) is 11.7 Å². The van der Waals surface area contributed by atoms with Crippen molar-refractivity contribution in [1.29, 1.82) is 0 Å². The molecule has 2 fully saturated rings. The Morgan fingerprint density at radius 3 is 2.56 bits per heavy atom. The fourth-order valence-electron chi connectivity index (χ4n) is 3.84. The molecule has 0 bridgehead atoms. The van der Waals surface area contributed by atoms with Crippen molar-refractivity contribution in [3.05, 3.63) is 24.4 Å². The smallest absolute Gasteiger partial charge is 0.251 e. The lowest BCUT2D eigenvalue weighted by Gasteiger charge is -2.35. The monoisotopic (exact) mass is 418 g/mol. The van der Waals surface area contributed by atoms with Gasteiger partial charge in [0.05, 0.1) is 6.10 Å². The second-order valence-corrected chi connectivity index (χ2v) is 7.06. The zero-order chi connectivity index (χ0) is 17.6. The number of nitrogens with zero attached hydrogens (tertiary/aromatic N) is 3. The molecule has 1 aromatic heterocycles. The Bertz CT molecular complexity index is 556. The van der Waals surface area contributed by atoms with Crippen molar-refractivity contribution in [2.75, 3.05) is 37.6 Å². The lowest BCUT2D eigenvalue weighted by Crippen LogP contribution is -2.44. The molecule has 2 aliphatic rings. The first-order valence-corrected chi connectivity index (χ1v) is 9.51. The van der Waals surface area contributed by atoms with Gasteiger partial charge in [-0.1, -0.05) is 6.07 Å². The van der Waals surface area contributed by atoms with E-state index in [4.69, 9.17) is 10.5 Å². The average Bonchev–Trinajstić information content (AvgIpc) is 3.16. The predicted molar refractivity (Wildman–Crippen MR) is 113 cm³/mol. The second-order valence-electron chi connectivity index (χ2n) is 7.06. The SMILES string of the molecule is CCN(CC1CCN(c2ccccn2)CC1)C(=O)[C@@H]1CC[C@H](CN)O1.Cl.Cl. The molecule has 0 unspecified atom stereocenters. The quantitative estimate of drug-likeness (QED) is 0.767. The number of ether oxygens (including phenoxy) is 1. The zero-order valence-electron chi connectivity index (χ0n) is 16.0. The number of amides is 1. The number of nitrogens with two attached hydrogens (primary N) is 1. The van der Waals surface area contributed by atoms with Gasteiger partial charge in [-0.3, -0.25) is 4.79 Å². The molecule has 2 saturated heterocycles. The van der Waals surface area contributed by atoms with E-state index < -0.39 is 0 Å². The maximum atomic E-state index is 12.7. The molecule has 0 saturated carbocycles. The normalized spacial score (nSPS) is 22.7. The summed E-state index contributed by atoms with van der Waals surface area (Å²) in [6.45, 7) is 6.13. The summed E-state index contributed by atoms with van der Waals surface area (Å²) in [5.74, 6) is 1.75. The van der Waals surface area contributed by atoms with Gasteiger partial charge >= 0.3 is 0 Å². The van der Waals surface area contributed by atoms with Gasteiger partial charge in [0.25, 0.3) is 5.91 Å². The number of rotatable bonds is 6. The molecule has 2 N–H and O–H groups in total. The number of likely N-dealkylation sites (N-methyl/N-ethyl adjacent to an activating group) is 1. The molecule has 1 amide bonds. The molecule has 6 nitrogen and oxygen atoms in total. The molecule has 0 aliphatic carbocycles. The number of aromatic nitrogens is 1. The third-order valence-electron chi connectivity index (χ3n) is 5.41. The van der Waals surface area contributed by atoms with Gasteiger partial charge in [-0.25, -0.2) is 4.98 Å². The van der Waals surface area contributed by atoms with Gasteiger partial charge in [0, 0.05) is 38.9 Å². The summed E-state index contributed by atoms with van der Waals surface area (Å²) in [5, 5.41) is 0. The van der Waals surface area contributed by atoms with E-state index in [9.17, 15) is 4.79 Å². The van der Waals surface area contributed by atoms with E-state index in [0.29, 0.717) is 12.5 Å². The molecular formula is C19H32Cl2N4O2. The van der Waals surface area contributed by atoms with Crippen LogP contribution in [-0.4, -0.2) is 60.7 Å². The maximum absolute atomic E-state index is 12.7. The third kappa shape index (κ3) is 6.21. The Morgan fingerprint density at radius 1 is 1.26 bits per heavy atom. The van der Waals surface area contributed by atoms with Gasteiger partial charge in [-0.05, 0) is 50.7 Å². The van der Waals surface area contributed by atoms with E-state index in [1.807, 2.05) is 23.2 Å². The Morgan fingerprint density at radius 2 is 2.00 bits per heavy atom. The van der Waals surface area contributed by atoms with Gasteiger partial charge < -0.3 is 20.3 Å². The van der Waals surface area contributed by atoms with Crippen LogP contribution in [0.2, 0.25) is 0 Å². The van der Waals surface area contributed by atoms with Crippen LogP contribution in [0.5, 0.6) is 0 Å². The van der Waals surface area contributed by atoms with Crippen molar-refractivity contribution in [3.8, 4) is 0 Å². The first kappa shape index (κ1) is 24.0. The number of halogens is 2. The van der Waals surface area contributed by atoms with Gasteiger partial charge in [-0.15, -0.1) is 24.8 Å². The minimum absolute atomic E-state index is 0. The van der Waals surface area contributed by atoms with Gasteiger partial charge in [0.15, 0.2) is 0 Å². The van der Waals surface area contributed by atoms with Crippen molar-refractivity contribution < 1.29 is 9.53 Å². The fourth-order valence-corrected chi connectivity index (χ4v) is 3.84. The summed E-state index contributed by atoms with van der Waals surface area (Å²) >= 11 is 0. The van der Waals surface area contributed by atoms with Gasteiger partial charge in [-0.2, -0.15) is 0 Å². The number of piperidine rings is 1. The van der Waals surface area contributed by atoms with Crippen molar-refractivity contribution in [3.63, 3.8) is 0 Å². The summed E-state index contributed by atoms with van der Waals surface area (Å²) in [5.41, 5.74) is 5.66. The summed E-state index contributed by atoms with van der Waals surface area (Å²) in [6.07, 6.45) is 5.49. The molecule has 27 heavy (non-hydrogen) atoms. The van der Waals surface area contributed by atoms with E-state index in [0.717, 1.165) is 57.7 Å².